The van der Waals surface area contributed by atoms with Crippen LogP contribution >= 0.6 is 0 Å². The number of ether oxygens (including phenoxy) is 2. The largest absolute Gasteiger partial charge is 0.458 e. The summed E-state index contributed by atoms with van der Waals surface area (Å²) in [5, 5.41) is 0. The van der Waals surface area contributed by atoms with Crippen LogP contribution in [0.1, 0.15) is 75.2 Å². The molecule has 3 heterocycles. The minimum atomic E-state index is -0.831. The number of nitrogens with zero attached hydrogens (tertiary/aromatic N) is 3. The summed E-state index contributed by atoms with van der Waals surface area (Å²) in [6, 6.07) is 47.2. The highest BCUT2D eigenvalue weighted by atomic mass is 16.5. The van der Waals surface area contributed by atoms with Gasteiger partial charge in [-0.15, -0.1) is 0 Å². The molecular weight excluding hydrogens is 590 g/mol. The molecule has 2 aliphatic heterocycles. The molecule has 5 nitrogen and oxygen atoms in total. The van der Waals surface area contributed by atoms with Crippen molar-refractivity contribution in [2.45, 2.75) is 64.8 Å². The number of aromatic nitrogens is 1. The van der Waals surface area contributed by atoms with Crippen LogP contribution in [-0.4, -0.2) is 28.9 Å². The van der Waals surface area contributed by atoms with E-state index in [9.17, 15) is 0 Å². The van der Waals surface area contributed by atoms with Gasteiger partial charge in [-0.05, 0) is 23.0 Å². The quantitative estimate of drug-likeness (QED) is 0.187. The van der Waals surface area contributed by atoms with E-state index in [1.54, 1.807) is 0 Å². The minimum Gasteiger partial charge on any atom is -0.458 e. The highest BCUT2D eigenvalue weighted by molar-refractivity contribution is 5.98. The number of hydrogen-bond acceptors (Lipinski definition) is 5. The summed E-state index contributed by atoms with van der Waals surface area (Å²) in [5.41, 5.74) is 3.39. The molecule has 48 heavy (non-hydrogen) atoms. The molecule has 0 saturated carbocycles. The Labute approximate surface area is 284 Å². The number of pyridine rings is 1. The van der Waals surface area contributed by atoms with Crippen LogP contribution in [0.5, 0.6) is 0 Å². The molecule has 0 radical (unpaired) electrons. The maximum absolute atomic E-state index is 7.13. The summed E-state index contributed by atoms with van der Waals surface area (Å²) < 4.78 is 14.3. The molecule has 0 bridgehead atoms. The zero-order valence-electron chi connectivity index (χ0n) is 28.6. The second kappa shape index (κ2) is 11.9. The van der Waals surface area contributed by atoms with E-state index in [-0.39, 0.29) is 22.9 Å². The van der Waals surface area contributed by atoms with E-state index in [1.165, 1.54) is 0 Å². The van der Waals surface area contributed by atoms with Gasteiger partial charge in [-0.1, -0.05) is 169 Å². The Morgan fingerprint density at radius 3 is 0.979 bits per heavy atom. The van der Waals surface area contributed by atoms with Gasteiger partial charge in [0.15, 0.2) is 11.2 Å². The first-order valence-corrected chi connectivity index (χ1v) is 16.8. The van der Waals surface area contributed by atoms with Crippen molar-refractivity contribution in [3.63, 3.8) is 0 Å². The smallest absolute Gasteiger partial charge is 0.237 e. The van der Waals surface area contributed by atoms with Gasteiger partial charge >= 0.3 is 0 Å². The maximum atomic E-state index is 7.13. The third kappa shape index (κ3) is 5.32. The second-order valence-electron chi connectivity index (χ2n) is 15.0. The molecule has 0 fully saturated rings. The normalized spacial score (nSPS) is 20.0. The van der Waals surface area contributed by atoms with Crippen molar-refractivity contribution in [2.75, 3.05) is 0 Å². The first kappa shape index (κ1) is 31.6. The summed E-state index contributed by atoms with van der Waals surface area (Å²) in [7, 11) is 0. The van der Waals surface area contributed by atoms with Crippen LogP contribution in [0.15, 0.2) is 150 Å². The molecule has 0 N–H and O–H groups in total. The summed E-state index contributed by atoms with van der Waals surface area (Å²) in [6.07, 6.45) is 0. The maximum Gasteiger partial charge on any atom is 0.237 e. The number of rotatable bonds is 6. The molecule has 0 amide bonds. The lowest BCUT2D eigenvalue weighted by Crippen LogP contribution is -2.45. The van der Waals surface area contributed by atoms with Gasteiger partial charge in [0.05, 0.1) is 0 Å². The van der Waals surface area contributed by atoms with E-state index >= 15 is 0 Å². The molecule has 5 heteroatoms. The number of aliphatic imine (C=N–C) groups is 2. The molecule has 242 valence electrons. The second-order valence-corrected chi connectivity index (χ2v) is 15.0. The number of hydrogen-bond donors (Lipinski definition) is 0. The molecule has 0 unspecified atom stereocenters. The Morgan fingerprint density at radius 2 is 0.708 bits per heavy atom. The van der Waals surface area contributed by atoms with Gasteiger partial charge in [0, 0.05) is 22.3 Å². The third-order valence-corrected chi connectivity index (χ3v) is 9.42. The van der Waals surface area contributed by atoms with Crippen molar-refractivity contribution in [3.05, 3.63) is 173 Å². The summed E-state index contributed by atoms with van der Waals surface area (Å²) >= 11 is 0. The van der Waals surface area contributed by atoms with E-state index in [1.807, 2.05) is 42.5 Å². The summed E-state index contributed by atoms with van der Waals surface area (Å²) in [6.45, 7) is 13.3. The average molecular weight is 634 g/mol. The fraction of sp³-hybridized carbons (Fsp3) is 0.279. The Hall–Kier alpha value is -5.03. The molecule has 1 aromatic heterocycles. The van der Waals surface area contributed by atoms with Crippen LogP contribution < -0.4 is 0 Å². The van der Waals surface area contributed by atoms with Crippen LogP contribution in [0.25, 0.3) is 0 Å². The predicted molar refractivity (Wildman–Crippen MR) is 193 cm³/mol. The Kier molecular flexibility index (Phi) is 7.82. The number of benzene rings is 4. The van der Waals surface area contributed by atoms with Crippen molar-refractivity contribution in [1.29, 1.82) is 0 Å². The minimum absolute atomic E-state index is 0.218. The monoisotopic (exact) mass is 633 g/mol. The SMILES string of the molecule is CC(C)(C)[C@@H]1N=C(c2cccc(C3=N[C@@H](C(C)(C)C)C(c4ccccc4)(c4ccccc4)O3)n2)OC1(c1ccccc1)c1ccccc1. The molecule has 7 rings (SSSR count). The molecular formula is C43H43N3O2. The van der Waals surface area contributed by atoms with Gasteiger partial charge < -0.3 is 9.47 Å². The van der Waals surface area contributed by atoms with Crippen LogP contribution in [0.2, 0.25) is 0 Å². The van der Waals surface area contributed by atoms with Gasteiger partial charge in [-0.25, -0.2) is 15.0 Å². The molecule has 4 aromatic carbocycles. The molecule has 2 atom stereocenters. The van der Waals surface area contributed by atoms with E-state index in [0.29, 0.717) is 23.2 Å². The van der Waals surface area contributed by atoms with Crippen molar-refractivity contribution < 1.29 is 9.47 Å². The van der Waals surface area contributed by atoms with Gasteiger partial charge in [0.2, 0.25) is 11.8 Å². The van der Waals surface area contributed by atoms with Crippen LogP contribution in [0, 0.1) is 10.8 Å². The van der Waals surface area contributed by atoms with E-state index in [2.05, 4.69) is 139 Å². The summed E-state index contributed by atoms with van der Waals surface area (Å²) in [4.78, 5) is 15.8. The fourth-order valence-electron chi connectivity index (χ4n) is 7.35. The zero-order chi connectivity index (χ0) is 33.6. The highest BCUT2D eigenvalue weighted by Gasteiger charge is 2.56. The van der Waals surface area contributed by atoms with E-state index < -0.39 is 11.2 Å². The lowest BCUT2D eigenvalue weighted by molar-refractivity contribution is 0.0551. The highest BCUT2D eigenvalue weighted by Crippen LogP contribution is 2.51. The average Bonchev–Trinajstić information content (AvgIpc) is 3.73. The van der Waals surface area contributed by atoms with Crippen molar-refractivity contribution in [3.8, 4) is 0 Å². The van der Waals surface area contributed by atoms with Gasteiger partial charge in [0.25, 0.3) is 0 Å². The van der Waals surface area contributed by atoms with Crippen LogP contribution in [0.4, 0.5) is 0 Å². The molecule has 0 aliphatic carbocycles. The van der Waals surface area contributed by atoms with Gasteiger partial charge in [-0.3, -0.25) is 0 Å². The molecule has 2 aliphatic rings. The standard InChI is InChI=1S/C43H43N3O2/c1-40(2,3)38-42(30-20-11-7-12-21-30,31-22-13-8-14-23-31)47-36(45-38)34-28-19-29-35(44-34)37-46-39(41(4,5)6)43(48-37,32-24-15-9-16-25-32)33-26-17-10-18-27-33/h7-29,38-39H,1-6H3/t38-,39-/m0/s1. The van der Waals surface area contributed by atoms with Gasteiger partial charge in [-0.2, -0.15) is 0 Å². The van der Waals surface area contributed by atoms with E-state index in [0.717, 1.165) is 22.3 Å². The fourth-order valence-corrected chi connectivity index (χ4v) is 7.35. The lowest BCUT2D eigenvalue weighted by atomic mass is 9.70. The lowest BCUT2D eigenvalue weighted by Gasteiger charge is -2.40. The van der Waals surface area contributed by atoms with Crippen molar-refractivity contribution in [2.24, 2.45) is 20.8 Å². The van der Waals surface area contributed by atoms with Crippen molar-refractivity contribution in [1.82, 2.24) is 4.98 Å². The Balaban J connectivity index is 1.34. The first-order valence-electron chi connectivity index (χ1n) is 16.8. The topological polar surface area (TPSA) is 56.1 Å². The first-order chi connectivity index (χ1) is 23.0. The Bertz CT molecular complexity index is 1720. The van der Waals surface area contributed by atoms with Crippen molar-refractivity contribution >= 4 is 11.8 Å². The van der Waals surface area contributed by atoms with E-state index in [4.69, 9.17) is 24.4 Å². The zero-order valence-corrected chi connectivity index (χ0v) is 28.6. The molecule has 0 spiro atoms. The molecule has 0 saturated heterocycles. The summed E-state index contributed by atoms with van der Waals surface area (Å²) in [5.74, 6) is 1.01. The third-order valence-electron chi connectivity index (χ3n) is 9.42. The van der Waals surface area contributed by atoms with Crippen LogP contribution in [-0.2, 0) is 20.7 Å². The Morgan fingerprint density at radius 1 is 0.417 bits per heavy atom. The molecule has 5 aromatic rings. The van der Waals surface area contributed by atoms with Gasteiger partial charge in [0.1, 0.15) is 23.5 Å². The predicted octanol–water partition coefficient (Wildman–Crippen LogP) is 9.35. The van der Waals surface area contributed by atoms with Crippen LogP contribution in [0.3, 0.4) is 0 Å².